The third-order valence-electron chi connectivity index (χ3n) is 0. The van der Waals surface area contributed by atoms with Gasteiger partial charge < -0.3 is 19.6 Å². The molecule has 0 bridgehead atoms. The van der Waals surface area contributed by atoms with Gasteiger partial charge in [-0.1, -0.05) is 0 Å². The SMILES string of the molecule is F.F.F.[F-].[F-].[F-].[K+].[O-2].[Ti+4]. The van der Waals surface area contributed by atoms with Crippen molar-refractivity contribution in [3.8, 4) is 0 Å². The maximum absolute atomic E-state index is 0. The van der Waals surface area contributed by atoms with Gasteiger partial charge in [-0.05, 0) is 0 Å². The van der Waals surface area contributed by atoms with Crippen LogP contribution in [-0.2, 0) is 27.2 Å². The molecule has 1 nitrogen and oxygen atoms in total. The summed E-state index contributed by atoms with van der Waals surface area (Å²) in [5.74, 6) is 0. The summed E-state index contributed by atoms with van der Waals surface area (Å²) in [6.07, 6.45) is 0. The molecule has 0 N–H and O–H groups in total. The molecular weight excluding hydrogens is 217 g/mol. The Morgan fingerprint density at radius 1 is 0.556 bits per heavy atom. The van der Waals surface area contributed by atoms with Crippen LogP contribution in [0.3, 0.4) is 0 Å². The molecule has 0 radical (unpaired) electrons. The second kappa shape index (κ2) is 219. The van der Waals surface area contributed by atoms with Gasteiger partial charge in [0.05, 0.1) is 0 Å². The molecule has 0 aliphatic heterocycles. The summed E-state index contributed by atoms with van der Waals surface area (Å²) < 4.78 is 0. The monoisotopic (exact) mass is 220 g/mol. The molecule has 0 fully saturated rings. The van der Waals surface area contributed by atoms with Crippen LogP contribution in [-0.4, -0.2) is 0 Å². The van der Waals surface area contributed by atoms with E-state index >= 15 is 0 Å². The maximum atomic E-state index is 0. The molecule has 9 heteroatoms. The minimum atomic E-state index is 0. The Kier molecular flexibility index (Phi) is 7240. The van der Waals surface area contributed by atoms with Gasteiger partial charge in [-0.3, -0.25) is 14.1 Å². The van der Waals surface area contributed by atoms with Crippen LogP contribution in [0, 0.1) is 0 Å². The van der Waals surface area contributed by atoms with Crippen LogP contribution in [0.4, 0.5) is 14.1 Å². The number of halogens is 6. The third-order valence-corrected chi connectivity index (χ3v) is 0. The van der Waals surface area contributed by atoms with E-state index in [0.29, 0.717) is 0 Å². The van der Waals surface area contributed by atoms with Crippen LogP contribution in [0.5, 0.6) is 0 Å². The van der Waals surface area contributed by atoms with E-state index in [1.807, 2.05) is 0 Å². The zero-order chi connectivity index (χ0) is 0. The zero-order valence-electron chi connectivity index (χ0n) is 4.27. The fourth-order valence-corrected chi connectivity index (χ4v) is 0. The first-order chi connectivity index (χ1) is 0. The Labute approximate surface area is 105 Å². The Bertz CT molecular complexity index is 13.0. The molecule has 0 aromatic rings. The number of rotatable bonds is 0. The first kappa shape index (κ1) is 298. The molecule has 9 heavy (non-hydrogen) atoms. The zero-order valence-corrected chi connectivity index (χ0v) is 8.95. The molecule has 0 aliphatic rings. The molecule has 0 aromatic heterocycles. The van der Waals surface area contributed by atoms with Crippen molar-refractivity contribution in [2.24, 2.45) is 0 Å². The van der Waals surface area contributed by atoms with E-state index in [-0.39, 0.29) is 107 Å². The third kappa shape index (κ3) is 172. The minimum Gasteiger partial charge on any atom is -2.00 e. The van der Waals surface area contributed by atoms with E-state index in [1.165, 1.54) is 0 Å². The van der Waals surface area contributed by atoms with Crippen molar-refractivity contribution in [2.45, 2.75) is 0 Å². The minimum absolute atomic E-state index is 0. The van der Waals surface area contributed by atoms with Crippen molar-refractivity contribution in [2.75, 3.05) is 0 Å². The van der Waals surface area contributed by atoms with Crippen molar-refractivity contribution in [3.05, 3.63) is 0 Å². The average molecular weight is 220 g/mol. The summed E-state index contributed by atoms with van der Waals surface area (Å²) in [6, 6.07) is 0. The summed E-state index contributed by atoms with van der Waals surface area (Å²) in [6.45, 7) is 0. The van der Waals surface area contributed by atoms with Crippen LogP contribution in [0.2, 0.25) is 0 Å². The predicted octanol–water partition coefficient (Wildman–Crippen LogP) is -11.6. The first-order valence-corrected chi connectivity index (χ1v) is 0. The second-order valence-corrected chi connectivity index (χ2v) is 0. The van der Waals surface area contributed by atoms with Gasteiger partial charge in [0.1, 0.15) is 0 Å². The standard InChI is InChI=1S/6FH.K.O.Ti/h6*1H;;;/q;;;;;;+1;-2;+4/p-3. The second-order valence-electron chi connectivity index (χ2n) is 0. The average Bonchev–Trinajstić information content (AvgIpc) is 0. The topological polar surface area (TPSA) is 28.5 Å². The van der Waals surface area contributed by atoms with E-state index in [2.05, 4.69) is 0 Å². The Morgan fingerprint density at radius 3 is 0.556 bits per heavy atom. The Balaban J connectivity index is 0. The molecular formula is H3F6KOTi. The van der Waals surface area contributed by atoms with Crippen LogP contribution in [0.25, 0.3) is 0 Å². The van der Waals surface area contributed by atoms with Crippen molar-refractivity contribution in [1.82, 2.24) is 0 Å². The summed E-state index contributed by atoms with van der Waals surface area (Å²) >= 11 is 0. The normalized spacial score (nSPS) is 0. The van der Waals surface area contributed by atoms with Crippen molar-refractivity contribution in [1.29, 1.82) is 0 Å². The van der Waals surface area contributed by atoms with E-state index < -0.39 is 0 Å². The van der Waals surface area contributed by atoms with Gasteiger partial charge in [0, 0.05) is 0 Å². The van der Waals surface area contributed by atoms with Gasteiger partial charge in [0.2, 0.25) is 0 Å². The Morgan fingerprint density at radius 2 is 0.556 bits per heavy atom. The molecule has 0 atom stereocenters. The van der Waals surface area contributed by atoms with Gasteiger partial charge in [0.15, 0.2) is 0 Å². The molecule has 0 aromatic carbocycles. The molecule has 0 saturated carbocycles. The van der Waals surface area contributed by atoms with Gasteiger partial charge in [-0.2, -0.15) is 0 Å². The molecule has 0 heterocycles. The largest absolute Gasteiger partial charge is 4.00 e. The van der Waals surface area contributed by atoms with Gasteiger partial charge in [-0.15, -0.1) is 0 Å². The van der Waals surface area contributed by atoms with E-state index in [4.69, 9.17) is 0 Å². The summed E-state index contributed by atoms with van der Waals surface area (Å²) in [7, 11) is 0. The van der Waals surface area contributed by atoms with Crippen LogP contribution in [0.1, 0.15) is 0 Å². The first-order valence-electron chi connectivity index (χ1n) is 0. The van der Waals surface area contributed by atoms with Crippen LogP contribution >= 0.6 is 0 Å². The van der Waals surface area contributed by atoms with Gasteiger partial charge in [-0.25, -0.2) is 0 Å². The molecule has 0 aliphatic carbocycles. The smallest absolute Gasteiger partial charge is 2.00 e. The fraction of sp³-hybridized carbons (Fsp3) is 0. The molecule has 0 unspecified atom stereocenters. The fourth-order valence-electron chi connectivity index (χ4n) is 0. The molecule has 0 spiro atoms. The molecule has 0 saturated heterocycles. The van der Waals surface area contributed by atoms with E-state index in [0.717, 1.165) is 0 Å². The van der Waals surface area contributed by atoms with E-state index in [9.17, 15) is 0 Å². The quantitative estimate of drug-likeness (QED) is 0.286. The van der Waals surface area contributed by atoms with E-state index in [1.54, 1.807) is 0 Å². The van der Waals surface area contributed by atoms with Gasteiger partial charge >= 0.3 is 73.1 Å². The van der Waals surface area contributed by atoms with Crippen LogP contribution < -0.4 is 65.5 Å². The van der Waals surface area contributed by atoms with Crippen molar-refractivity contribution < 1.29 is 107 Å². The molecule has 0 rings (SSSR count). The molecule has 56 valence electrons. The summed E-state index contributed by atoms with van der Waals surface area (Å²) in [5, 5.41) is 0. The summed E-state index contributed by atoms with van der Waals surface area (Å²) in [4.78, 5) is 0. The van der Waals surface area contributed by atoms with Crippen LogP contribution in [0.15, 0.2) is 0 Å². The summed E-state index contributed by atoms with van der Waals surface area (Å²) in [5.41, 5.74) is 0. The predicted molar refractivity (Wildman–Crippen MR) is 8.20 cm³/mol. The number of hydrogen-bond donors (Lipinski definition) is 0. The van der Waals surface area contributed by atoms with Gasteiger partial charge in [0.25, 0.3) is 0 Å². The maximum Gasteiger partial charge on any atom is 4.00 e. The Hall–Kier alpha value is 1.89. The van der Waals surface area contributed by atoms with Crippen molar-refractivity contribution >= 4 is 0 Å². The molecule has 0 amide bonds. The number of hydrogen-bond acceptors (Lipinski definition) is 0. The van der Waals surface area contributed by atoms with Crippen molar-refractivity contribution in [3.63, 3.8) is 0 Å².